The minimum Gasteiger partial charge on any atom is -0.398 e. The molecular formula is C12H15BrN2O. The molecule has 2 rings (SSSR count). The van der Waals surface area contributed by atoms with Gasteiger partial charge in [0, 0.05) is 16.1 Å². The third-order valence-corrected chi connectivity index (χ3v) is 3.72. The van der Waals surface area contributed by atoms with Crippen LogP contribution < -0.4 is 11.1 Å². The predicted molar refractivity (Wildman–Crippen MR) is 69.2 cm³/mol. The van der Waals surface area contributed by atoms with E-state index in [1.807, 2.05) is 13.0 Å². The van der Waals surface area contributed by atoms with Crippen molar-refractivity contribution in [2.75, 3.05) is 11.1 Å². The molecule has 3 N–H and O–H groups in total. The van der Waals surface area contributed by atoms with Crippen molar-refractivity contribution in [1.82, 2.24) is 0 Å². The Kier molecular flexibility index (Phi) is 2.93. The molecule has 1 aliphatic rings. The molecule has 1 amide bonds. The van der Waals surface area contributed by atoms with Crippen molar-refractivity contribution in [3.63, 3.8) is 0 Å². The normalized spacial score (nSPS) is 22.9. The molecule has 0 bridgehead atoms. The molecule has 0 aliphatic heterocycles. The minimum absolute atomic E-state index is 0.0939. The Balaban J connectivity index is 2.15. The maximum atomic E-state index is 11.8. The average molecular weight is 283 g/mol. The molecule has 1 aliphatic carbocycles. The van der Waals surface area contributed by atoms with Gasteiger partial charge < -0.3 is 11.1 Å². The van der Waals surface area contributed by atoms with Gasteiger partial charge in [0.25, 0.3) is 0 Å². The molecule has 86 valence electrons. The smallest absolute Gasteiger partial charge is 0.227 e. The van der Waals surface area contributed by atoms with Gasteiger partial charge in [0.15, 0.2) is 0 Å². The van der Waals surface area contributed by atoms with Crippen molar-refractivity contribution in [1.29, 1.82) is 0 Å². The Morgan fingerprint density at radius 3 is 2.75 bits per heavy atom. The second-order valence-electron chi connectivity index (χ2n) is 4.50. The first-order valence-electron chi connectivity index (χ1n) is 5.35. The molecule has 1 saturated carbocycles. The Morgan fingerprint density at radius 1 is 1.56 bits per heavy atom. The maximum Gasteiger partial charge on any atom is 0.227 e. The van der Waals surface area contributed by atoms with Gasteiger partial charge in [0.1, 0.15) is 0 Å². The number of rotatable bonds is 2. The van der Waals surface area contributed by atoms with Gasteiger partial charge in [-0.15, -0.1) is 0 Å². The Bertz CT molecular complexity index is 445. The van der Waals surface area contributed by atoms with E-state index >= 15 is 0 Å². The van der Waals surface area contributed by atoms with Gasteiger partial charge in [-0.1, -0.05) is 6.92 Å². The largest absolute Gasteiger partial charge is 0.398 e. The summed E-state index contributed by atoms with van der Waals surface area (Å²) in [7, 11) is 0. The number of carbonyl (C=O) groups is 1. The molecule has 0 radical (unpaired) electrons. The Labute approximate surface area is 104 Å². The standard InChI is InChI=1S/C12H15BrN2O/c1-6-3-8(6)12(16)15-11-5-10(14)7(2)4-9(11)13/h4-6,8H,3,14H2,1-2H3,(H,15,16). The fourth-order valence-corrected chi connectivity index (χ4v) is 2.26. The Hall–Kier alpha value is -1.03. The van der Waals surface area contributed by atoms with Crippen LogP contribution in [0.1, 0.15) is 18.9 Å². The Morgan fingerprint density at radius 2 is 2.19 bits per heavy atom. The molecule has 1 aromatic carbocycles. The van der Waals surface area contributed by atoms with E-state index in [2.05, 4.69) is 28.2 Å². The molecular weight excluding hydrogens is 268 g/mol. The molecule has 0 saturated heterocycles. The SMILES string of the molecule is Cc1cc(Br)c(NC(=O)C2CC2C)cc1N. The van der Waals surface area contributed by atoms with Crippen LogP contribution in [0.3, 0.4) is 0 Å². The summed E-state index contributed by atoms with van der Waals surface area (Å²) in [6.45, 7) is 4.03. The van der Waals surface area contributed by atoms with E-state index < -0.39 is 0 Å². The van der Waals surface area contributed by atoms with E-state index in [1.54, 1.807) is 6.07 Å². The minimum atomic E-state index is 0.0939. The highest BCUT2D eigenvalue weighted by Gasteiger charge is 2.39. The number of nitrogens with two attached hydrogens (primary N) is 1. The summed E-state index contributed by atoms with van der Waals surface area (Å²) in [5, 5.41) is 2.90. The lowest BCUT2D eigenvalue weighted by molar-refractivity contribution is -0.117. The summed E-state index contributed by atoms with van der Waals surface area (Å²) in [6, 6.07) is 3.71. The van der Waals surface area contributed by atoms with Crippen LogP contribution in [0.5, 0.6) is 0 Å². The summed E-state index contributed by atoms with van der Waals surface area (Å²) in [6.07, 6.45) is 0.991. The van der Waals surface area contributed by atoms with E-state index in [1.165, 1.54) is 0 Å². The summed E-state index contributed by atoms with van der Waals surface area (Å²) in [4.78, 5) is 11.8. The van der Waals surface area contributed by atoms with Crippen LogP contribution in [0.2, 0.25) is 0 Å². The van der Waals surface area contributed by atoms with Gasteiger partial charge >= 0.3 is 0 Å². The number of hydrogen-bond donors (Lipinski definition) is 2. The van der Waals surface area contributed by atoms with Crippen LogP contribution in [0.15, 0.2) is 16.6 Å². The summed E-state index contributed by atoms with van der Waals surface area (Å²) >= 11 is 3.42. The zero-order valence-corrected chi connectivity index (χ0v) is 11.0. The lowest BCUT2D eigenvalue weighted by atomic mass is 10.2. The van der Waals surface area contributed by atoms with Crippen LogP contribution in [0.4, 0.5) is 11.4 Å². The van der Waals surface area contributed by atoms with Crippen molar-refractivity contribution < 1.29 is 4.79 Å². The van der Waals surface area contributed by atoms with E-state index in [0.717, 1.165) is 22.1 Å². The number of nitrogens with one attached hydrogen (secondary N) is 1. The first kappa shape index (κ1) is 11.5. The fourth-order valence-electron chi connectivity index (χ4n) is 1.70. The van der Waals surface area contributed by atoms with E-state index in [9.17, 15) is 4.79 Å². The molecule has 16 heavy (non-hydrogen) atoms. The quantitative estimate of drug-likeness (QED) is 0.820. The van der Waals surface area contributed by atoms with Gasteiger partial charge in [0.2, 0.25) is 5.91 Å². The van der Waals surface area contributed by atoms with E-state index in [0.29, 0.717) is 11.6 Å². The van der Waals surface area contributed by atoms with Crippen LogP contribution >= 0.6 is 15.9 Å². The number of hydrogen-bond acceptors (Lipinski definition) is 2. The summed E-state index contributed by atoms with van der Waals surface area (Å²) < 4.78 is 0.876. The topological polar surface area (TPSA) is 55.1 Å². The maximum absolute atomic E-state index is 11.8. The molecule has 4 heteroatoms. The average Bonchev–Trinajstić information content (AvgIpc) is 2.92. The summed E-state index contributed by atoms with van der Waals surface area (Å²) in [5.74, 6) is 0.785. The third-order valence-electron chi connectivity index (χ3n) is 3.06. The predicted octanol–water partition coefficient (Wildman–Crippen LogP) is 2.93. The van der Waals surface area contributed by atoms with Crippen molar-refractivity contribution in [2.24, 2.45) is 11.8 Å². The lowest BCUT2D eigenvalue weighted by Crippen LogP contribution is -2.15. The number of aryl methyl sites for hydroxylation is 1. The zero-order valence-electron chi connectivity index (χ0n) is 9.38. The third kappa shape index (κ3) is 2.21. The van der Waals surface area contributed by atoms with Crippen molar-refractivity contribution in [3.05, 3.63) is 22.2 Å². The van der Waals surface area contributed by atoms with Crippen molar-refractivity contribution in [2.45, 2.75) is 20.3 Å². The molecule has 2 atom stereocenters. The molecule has 0 spiro atoms. The second kappa shape index (κ2) is 4.09. The molecule has 2 unspecified atom stereocenters. The van der Waals surface area contributed by atoms with Crippen LogP contribution in [-0.2, 0) is 4.79 Å². The van der Waals surface area contributed by atoms with Crippen molar-refractivity contribution >= 4 is 33.2 Å². The molecule has 3 nitrogen and oxygen atoms in total. The number of carbonyl (C=O) groups excluding carboxylic acids is 1. The van der Waals surface area contributed by atoms with Gasteiger partial charge in [-0.05, 0) is 52.9 Å². The van der Waals surface area contributed by atoms with Crippen LogP contribution in [-0.4, -0.2) is 5.91 Å². The van der Waals surface area contributed by atoms with Gasteiger partial charge in [-0.2, -0.15) is 0 Å². The number of anilines is 2. The second-order valence-corrected chi connectivity index (χ2v) is 5.35. The van der Waals surface area contributed by atoms with Gasteiger partial charge in [-0.25, -0.2) is 0 Å². The first-order chi connectivity index (χ1) is 7.49. The fraction of sp³-hybridized carbons (Fsp3) is 0.417. The zero-order chi connectivity index (χ0) is 11.9. The molecule has 1 fully saturated rings. The van der Waals surface area contributed by atoms with Crippen LogP contribution in [0.25, 0.3) is 0 Å². The highest BCUT2D eigenvalue weighted by Crippen LogP contribution is 2.39. The van der Waals surface area contributed by atoms with Crippen LogP contribution in [0, 0.1) is 18.8 Å². The first-order valence-corrected chi connectivity index (χ1v) is 6.15. The molecule has 1 aromatic rings. The molecule has 0 heterocycles. The van der Waals surface area contributed by atoms with E-state index in [-0.39, 0.29) is 11.8 Å². The monoisotopic (exact) mass is 282 g/mol. The highest BCUT2D eigenvalue weighted by molar-refractivity contribution is 9.10. The number of nitrogen functional groups attached to an aromatic ring is 1. The van der Waals surface area contributed by atoms with Gasteiger partial charge in [0.05, 0.1) is 5.69 Å². The molecule has 0 aromatic heterocycles. The number of halogens is 1. The number of amides is 1. The highest BCUT2D eigenvalue weighted by atomic mass is 79.9. The van der Waals surface area contributed by atoms with Gasteiger partial charge in [-0.3, -0.25) is 4.79 Å². The summed E-state index contributed by atoms with van der Waals surface area (Å²) in [5.41, 5.74) is 8.27. The van der Waals surface area contributed by atoms with Crippen molar-refractivity contribution in [3.8, 4) is 0 Å². The van der Waals surface area contributed by atoms with E-state index in [4.69, 9.17) is 5.73 Å². The lowest BCUT2D eigenvalue weighted by Gasteiger charge is -2.09. The number of benzene rings is 1.